The van der Waals surface area contributed by atoms with Gasteiger partial charge in [0, 0.05) is 11.3 Å². The maximum Gasteiger partial charge on any atom is 0.308 e. The van der Waals surface area contributed by atoms with Crippen LogP contribution >= 0.6 is 23.4 Å². The number of aryl methyl sites for hydroxylation is 1. The van der Waals surface area contributed by atoms with Gasteiger partial charge in [0.2, 0.25) is 5.91 Å². The Labute approximate surface area is 215 Å². The lowest BCUT2D eigenvalue weighted by atomic mass is 9.66. The molecule has 0 radical (unpaired) electrons. The Morgan fingerprint density at radius 2 is 2.06 bits per heavy atom. The van der Waals surface area contributed by atoms with Crippen molar-refractivity contribution in [1.82, 2.24) is 4.90 Å². The number of carbonyl (C=O) groups is 3. The van der Waals surface area contributed by atoms with Crippen LogP contribution in [0.15, 0.2) is 30.9 Å². The predicted octanol–water partition coefficient (Wildman–Crippen LogP) is 3.75. The number of para-hydroxylation sites is 1. The van der Waals surface area contributed by atoms with E-state index >= 15 is 0 Å². The number of nitrogens with zero attached hydrogens (tertiary/aromatic N) is 2. The van der Waals surface area contributed by atoms with Crippen molar-refractivity contribution in [2.45, 2.75) is 62.1 Å². The van der Waals surface area contributed by atoms with Gasteiger partial charge in [-0.05, 0) is 44.2 Å². The number of amides is 2. The Morgan fingerprint density at radius 3 is 2.60 bits per heavy atom. The minimum Gasteiger partial charge on any atom is -0.481 e. The molecule has 2 bridgehead atoms. The summed E-state index contributed by atoms with van der Waals surface area (Å²) in [4.78, 5) is 44.0. The third-order valence-electron chi connectivity index (χ3n) is 8.06. The van der Waals surface area contributed by atoms with Crippen LogP contribution in [0.25, 0.3) is 0 Å². The Hall–Kier alpha value is -2.03. The third-order valence-corrected chi connectivity index (χ3v) is 10.4. The van der Waals surface area contributed by atoms with Gasteiger partial charge < -0.3 is 20.0 Å². The maximum atomic E-state index is 14.5. The van der Waals surface area contributed by atoms with E-state index in [1.54, 1.807) is 17.0 Å². The maximum absolute atomic E-state index is 14.5. The number of aliphatic carboxylic acids is 1. The number of carbonyl (C=O) groups excluding carboxylic acids is 2. The van der Waals surface area contributed by atoms with Gasteiger partial charge in [-0.2, -0.15) is 0 Å². The summed E-state index contributed by atoms with van der Waals surface area (Å²) in [7, 11) is 0. The van der Waals surface area contributed by atoms with Crippen LogP contribution in [-0.2, 0) is 14.4 Å². The van der Waals surface area contributed by atoms with Crippen LogP contribution in [0, 0.1) is 24.7 Å². The van der Waals surface area contributed by atoms with Crippen molar-refractivity contribution >= 4 is 46.8 Å². The second kappa shape index (κ2) is 9.12. The molecular weight excluding hydrogens is 488 g/mol. The number of anilines is 1. The highest BCUT2D eigenvalue weighted by Crippen LogP contribution is 2.71. The van der Waals surface area contributed by atoms with Gasteiger partial charge in [0.05, 0.1) is 39.9 Å². The van der Waals surface area contributed by atoms with Crippen molar-refractivity contribution in [2.75, 3.05) is 18.1 Å². The Bertz CT molecular complexity index is 1060. The molecule has 2 amide bonds. The molecule has 3 aliphatic rings. The van der Waals surface area contributed by atoms with Crippen molar-refractivity contribution in [1.29, 1.82) is 0 Å². The first-order valence-electron chi connectivity index (χ1n) is 12.0. The topological polar surface area (TPSA) is 98.2 Å². The van der Waals surface area contributed by atoms with Gasteiger partial charge in [-0.15, -0.1) is 18.3 Å². The number of halogens is 1. The molecule has 9 heteroatoms. The summed E-state index contributed by atoms with van der Waals surface area (Å²) in [5, 5.41) is 20.9. The van der Waals surface area contributed by atoms with Gasteiger partial charge >= 0.3 is 5.97 Å². The molecule has 2 N–H and O–H groups in total. The summed E-state index contributed by atoms with van der Waals surface area (Å²) < 4.78 is -1.52. The quantitative estimate of drug-likeness (QED) is 0.507. The van der Waals surface area contributed by atoms with Gasteiger partial charge in [0.1, 0.15) is 6.04 Å². The summed E-state index contributed by atoms with van der Waals surface area (Å²) >= 11 is 8.04. The largest absolute Gasteiger partial charge is 0.481 e. The van der Waals surface area contributed by atoms with E-state index in [1.807, 2.05) is 39.8 Å². The number of thioether (sulfide) groups is 1. The number of fused-ring (bicyclic) bond motifs is 1. The molecule has 190 valence electrons. The van der Waals surface area contributed by atoms with E-state index in [-0.39, 0.29) is 30.9 Å². The molecule has 35 heavy (non-hydrogen) atoms. The average Bonchev–Trinajstić information content (AvgIpc) is 3.34. The molecule has 3 fully saturated rings. The predicted molar refractivity (Wildman–Crippen MR) is 138 cm³/mol. The van der Waals surface area contributed by atoms with E-state index in [0.717, 1.165) is 5.56 Å². The molecule has 1 spiro atoms. The third kappa shape index (κ3) is 3.71. The molecule has 4 rings (SSSR count). The molecule has 3 heterocycles. The van der Waals surface area contributed by atoms with Crippen molar-refractivity contribution in [3.05, 3.63) is 41.4 Å². The normalized spacial score (nSPS) is 32.1. The summed E-state index contributed by atoms with van der Waals surface area (Å²) in [6.07, 6.45) is 2.78. The smallest absolute Gasteiger partial charge is 0.308 e. The van der Waals surface area contributed by atoms with Crippen molar-refractivity contribution in [3.63, 3.8) is 0 Å². The second-order valence-electron chi connectivity index (χ2n) is 10.4. The minimum absolute atomic E-state index is 0.134. The van der Waals surface area contributed by atoms with E-state index in [9.17, 15) is 24.6 Å². The molecule has 0 saturated carbocycles. The van der Waals surface area contributed by atoms with E-state index in [1.165, 1.54) is 16.7 Å². The molecule has 1 aromatic rings. The summed E-state index contributed by atoms with van der Waals surface area (Å²) in [6, 6.07) is 3.85. The van der Waals surface area contributed by atoms with Gasteiger partial charge in [-0.3, -0.25) is 14.4 Å². The van der Waals surface area contributed by atoms with Crippen molar-refractivity contribution < 1.29 is 24.6 Å². The summed E-state index contributed by atoms with van der Waals surface area (Å²) in [5.74, 6) is -3.54. The number of aliphatic hydroxyl groups is 1. The SMILES string of the molecule is C=CCN(C(=O)C1N([C@@H](CO)C(C)C)C(=O)[C@@H]2[C@@H](C(=O)O)[C@@]3(C)CCC12S3)c1c(C)cccc1Cl. The number of likely N-dealkylation sites (tertiary alicyclic amines) is 1. The van der Waals surface area contributed by atoms with E-state index in [4.69, 9.17) is 11.6 Å². The Balaban J connectivity index is 1.91. The van der Waals surface area contributed by atoms with Gasteiger partial charge in [0.15, 0.2) is 0 Å². The average molecular weight is 521 g/mol. The van der Waals surface area contributed by atoms with Crippen LogP contribution in [0.1, 0.15) is 39.2 Å². The Morgan fingerprint density at radius 1 is 1.37 bits per heavy atom. The molecule has 0 aromatic heterocycles. The molecular formula is C26H33ClN2O5S. The highest BCUT2D eigenvalue weighted by molar-refractivity contribution is 8.02. The summed E-state index contributed by atoms with van der Waals surface area (Å²) in [6.45, 7) is 11.2. The first-order chi connectivity index (χ1) is 16.4. The molecule has 6 atom stereocenters. The van der Waals surface area contributed by atoms with E-state index < -0.39 is 39.4 Å². The molecule has 1 aromatic carbocycles. The zero-order chi connectivity index (χ0) is 25.9. The molecule has 0 aliphatic carbocycles. The number of benzene rings is 1. The lowest BCUT2D eigenvalue weighted by Crippen LogP contribution is -2.58. The van der Waals surface area contributed by atoms with Gasteiger partial charge in [-0.25, -0.2) is 0 Å². The number of carboxylic acids is 1. The van der Waals surface area contributed by atoms with Gasteiger partial charge in [-0.1, -0.05) is 43.7 Å². The van der Waals surface area contributed by atoms with Gasteiger partial charge in [0.25, 0.3) is 5.91 Å². The standard InChI is InChI=1S/C26H33ClN2O5S/c1-6-12-28(20-15(4)8-7-9-16(20)27)23(32)21-26-11-10-25(5,35-26)19(24(33)34)18(26)22(31)29(21)17(13-30)14(2)3/h6-9,14,17-19,21,30H,1,10-13H2,2-5H3,(H,33,34)/t17-,18-,19-,21?,25+,26?/m0/s1. The lowest BCUT2D eigenvalue weighted by molar-refractivity contribution is -0.151. The van der Waals surface area contributed by atoms with Crippen molar-refractivity contribution in [3.8, 4) is 0 Å². The number of hydrogen-bond acceptors (Lipinski definition) is 5. The number of aliphatic hydroxyl groups excluding tert-OH is 1. The minimum atomic E-state index is -1.01. The molecule has 3 saturated heterocycles. The lowest BCUT2D eigenvalue weighted by Gasteiger charge is -2.41. The monoisotopic (exact) mass is 520 g/mol. The first kappa shape index (κ1) is 26.0. The zero-order valence-corrected chi connectivity index (χ0v) is 22.1. The fourth-order valence-corrected chi connectivity index (χ4v) is 9.18. The van der Waals surface area contributed by atoms with Crippen LogP contribution in [0.4, 0.5) is 5.69 Å². The zero-order valence-electron chi connectivity index (χ0n) is 20.5. The number of hydrogen-bond donors (Lipinski definition) is 2. The number of carboxylic acid groups (broad SMARTS) is 1. The molecule has 2 unspecified atom stereocenters. The fourth-order valence-electron chi connectivity index (χ4n) is 6.53. The molecule has 7 nitrogen and oxygen atoms in total. The highest BCUT2D eigenvalue weighted by Gasteiger charge is 2.78. The van der Waals surface area contributed by atoms with Crippen LogP contribution in [0.2, 0.25) is 5.02 Å². The highest BCUT2D eigenvalue weighted by atomic mass is 35.5. The fraction of sp³-hybridized carbons (Fsp3) is 0.577. The first-order valence-corrected chi connectivity index (χ1v) is 13.2. The van der Waals surface area contributed by atoms with Crippen LogP contribution in [0.5, 0.6) is 0 Å². The summed E-state index contributed by atoms with van der Waals surface area (Å²) in [5.41, 5.74) is 1.36. The van der Waals surface area contributed by atoms with Crippen LogP contribution in [-0.4, -0.2) is 67.6 Å². The van der Waals surface area contributed by atoms with E-state index in [2.05, 4.69) is 6.58 Å². The van der Waals surface area contributed by atoms with Crippen LogP contribution in [0.3, 0.4) is 0 Å². The van der Waals surface area contributed by atoms with Crippen molar-refractivity contribution in [2.24, 2.45) is 17.8 Å². The molecule has 3 aliphatic heterocycles. The Kier molecular flexibility index (Phi) is 6.79. The van der Waals surface area contributed by atoms with E-state index in [0.29, 0.717) is 23.6 Å². The second-order valence-corrected chi connectivity index (χ2v) is 12.8. The number of rotatable bonds is 8. The van der Waals surface area contributed by atoms with Crippen LogP contribution < -0.4 is 4.90 Å².